The molecule has 1 amide bonds. The third-order valence-electron chi connectivity index (χ3n) is 4.60. The molecular formula is C18H17ClN2O3. The molecule has 1 aliphatic carbocycles. The maximum atomic E-state index is 13.0. The molecule has 0 radical (unpaired) electrons. The number of benzene rings is 2. The monoisotopic (exact) mass is 344 g/mol. The highest BCUT2D eigenvalue weighted by molar-refractivity contribution is 6.30. The highest BCUT2D eigenvalue weighted by Gasteiger charge is 2.42. The minimum absolute atomic E-state index is 0.0419. The summed E-state index contributed by atoms with van der Waals surface area (Å²) in [7, 11) is 0. The zero-order valence-electron chi connectivity index (χ0n) is 13.0. The van der Waals surface area contributed by atoms with Gasteiger partial charge in [-0.1, -0.05) is 42.6 Å². The van der Waals surface area contributed by atoms with Crippen LogP contribution in [0.25, 0.3) is 0 Å². The summed E-state index contributed by atoms with van der Waals surface area (Å²) in [5.41, 5.74) is 0.733. The first-order valence-electron chi connectivity index (χ1n) is 7.83. The first kappa shape index (κ1) is 16.5. The van der Waals surface area contributed by atoms with Crippen molar-refractivity contribution in [1.82, 2.24) is 0 Å². The van der Waals surface area contributed by atoms with Gasteiger partial charge >= 0.3 is 0 Å². The molecule has 0 atom stereocenters. The molecule has 6 heteroatoms. The van der Waals surface area contributed by atoms with E-state index >= 15 is 0 Å². The Bertz CT molecular complexity index is 768. The molecule has 0 heterocycles. The number of nitrogens with zero attached hydrogens (tertiary/aromatic N) is 1. The minimum Gasteiger partial charge on any atom is -0.325 e. The maximum absolute atomic E-state index is 13.0. The highest BCUT2D eigenvalue weighted by atomic mass is 35.5. The van der Waals surface area contributed by atoms with Gasteiger partial charge in [-0.25, -0.2) is 0 Å². The normalized spacial score (nSPS) is 15.9. The third-order valence-corrected chi connectivity index (χ3v) is 4.86. The number of nitro benzene ring substituents is 1. The van der Waals surface area contributed by atoms with Gasteiger partial charge in [0.25, 0.3) is 5.69 Å². The number of amides is 1. The molecule has 124 valence electrons. The molecule has 0 aliphatic heterocycles. The molecule has 0 aromatic heterocycles. The van der Waals surface area contributed by atoms with E-state index in [9.17, 15) is 14.9 Å². The number of rotatable bonds is 4. The quantitative estimate of drug-likeness (QED) is 0.645. The van der Waals surface area contributed by atoms with Crippen molar-refractivity contribution in [3.05, 3.63) is 69.2 Å². The fourth-order valence-electron chi connectivity index (χ4n) is 3.34. The number of nitro groups is 1. The van der Waals surface area contributed by atoms with Gasteiger partial charge in [-0.2, -0.15) is 0 Å². The SMILES string of the molecule is O=C(Nc1cccc([N+](=O)[O-])c1)C1(c2ccc(Cl)cc2)CCCC1. The van der Waals surface area contributed by atoms with Gasteiger partial charge in [0.2, 0.25) is 5.91 Å². The smallest absolute Gasteiger partial charge is 0.271 e. The second-order valence-corrected chi connectivity index (χ2v) is 6.49. The molecule has 5 nitrogen and oxygen atoms in total. The molecule has 0 spiro atoms. The van der Waals surface area contributed by atoms with Crippen molar-refractivity contribution < 1.29 is 9.72 Å². The Kier molecular flexibility index (Phi) is 4.53. The summed E-state index contributed by atoms with van der Waals surface area (Å²) in [6.45, 7) is 0. The number of nitrogens with one attached hydrogen (secondary N) is 1. The van der Waals surface area contributed by atoms with E-state index < -0.39 is 10.3 Å². The summed E-state index contributed by atoms with van der Waals surface area (Å²) < 4.78 is 0. The topological polar surface area (TPSA) is 72.2 Å². The Balaban J connectivity index is 1.89. The molecule has 0 unspecified atom stereocenters. The Morgan fingerprint density at radius 3 is 2.42 bits per heavy atom. The predicted molar refractivity (Wildman–Crippen MR) is 93.3 cm³/mol. The summed E-state index contributed by atoms with van der Waals surface area (Å²) in [6, 6.07) is 13.4. The molecule has 1 saturated carbocycles. The van der Waals surface area contributed by atoms with E-state index in [-0.39, 0.29) is 11.6 Å². The predicted octanol–water partition coefficient (Wildman–Crippen LogP) is 4.70. The number of carbonyl (C=O) groups is 1. The van der Waals surface area contributed by atoms with Crippen molar-refractivity contribution in [2.24, 2.45) is 0 Å². The zero-order valence-corrected chi connectivity index (χ0v) is 13.8. The lowest BCUT2D eigenvalue weighted by Crippen LogP contribution is -2.37. The van der Waals surface area contributed by atoms with Crippen LogP contribution in [-0.2, 0) is 10.2 Å². The first-order valence-corrected chi connectivity index (χ1v) is 8.21. The lowest BCUT2D eigenvalue weighted by Gasteiger charge is -2.28. The van der Waals surface area contributed by atoms with Gasteiger partial charge < -0.3 is 5.32 Å². The largest absolute Gasteiger partial charge is 0.325 e. The Morgan fingerprint density at radius 2 is 1.79 bits per heavy atom. The lowest BCUT2D eigenvalue weighted by molar-refractivity contribution is -0.384. The summed E-state index contributed by atoms with van der Waals surface area (Å²) in [5, 5.41) is 14.4. The molecule has 3 rings (SSSR count). The number of hydrogen-bond donors (Lipinski definition) is 1. The van der Waals surface area contributed by atoms with Crippen molar-refractivity contribution in [3.8, 4) is 0 Å². The van der Waals surface area contributed by atoms with E-state index in [0.717, 1.165) is 31.2 Å². The lowest BCUT2D eigenvalue weighted by atomic mass is 9.78. The fraction of sp³-hybridized carbons (Fsp3) is 0.278. The van der Waals surface area contributed by atoms with Gasteiger partial charge in [0, 0.05) is 22.8 Å². The Hall–Kier alpha value is -2.40. The van der Waals surface area contributed by atoms with Crippen molar-refractivity contribution >= 4 is 28.9 Å². The van der Waals surface area contributed by atoms with E-state index in [1.807, 2.05) is 12.1 Å². The molecule has 0 saturated heterocycles. The second-order valence-electron chi connectivity index (χ2n) is 6.06. The summed E-state index contributed by atoms with van der Waals surface area (Å²) >= 11 is 5.96. The zero-order chi connectivity index (χ0) is 17.2. The van der Waals surface area contributed by atoms with Gasteiger partial charge in [0.1, 0.15) is 0 Å². The Labute approximate surface area is 144 Å². The maximum Gasteiger partial charge on any atom is 0.271 e. The first-order chi connectivity index (χ1) is 11.5. The number of halogens is 1. The summed E-state index contributed by atoms with van der Waals surface area (Å²) in [6.07, 6.45) is 3.47. The minimum atomic E-state index is -0.602. The Morgan fingerprint density at radius 1 is 1.12 bits per heavy atom. The number of non-ortho nitro benzene ring substituents is 1. The van der Waals surface area contributed by atoms with E-state index in [4.69, 9.17) is 11.6 Å². The summed E-state index contributed by atoms with van der Waals surface area (Å²) in [5.74, 6) is -0.122. The standard InChI is InChI=1S/C18H17ClN2O3/c19-14-8-6-13(7-9-14)18(10-1-2-11-18)17(22)20-15-4-3-5-16(12-15)21(23)24/h3-9,12H,1-2,10-11H2,(H,20,22). The van der Waals surface area contributed by atoms with E-state index in [0.29, 0.717) is 10.7 Å². The van der Waals surface area contributed by atoms with Crippen molar-refractivity contribution in [2.75, 3.05) is 5.32 Å². The van der Waals surface area contributed by atoms with E-state index in [1.54, 1.807) is 24.3 Å². The molecule has 1 aliphatic rings. The van der Waals surface area contributed by atoms with Crippen LogP contribution >= 0.6 is 11.6 Å². The number of anilines is 1. The van der Waals surface area contributed by atoms with Crippen LogP contribution in [0.4, 0.5) is 11.4 Å². The number of hydrogen-bond acceptors (Lipinski definition) is 3. The number of carbonyl (C=O) groups excluding carboxylic acids is 1. The molecule has 2 aromatic rings. The molecular weight excluding hydrogens is 328 g/mol. The molecule has 1 N–H and O–H groups in total. The second kappa shape index (κ2) is 6.61. The summed E-state index contributed by atoms with van der Waals surface area (Å²) in [4.78, 5) is 23.4. The van der Waals surface area contributed by atoms with Crippen molar-refractivity contribution in [3.63, 3.8) is 0 Å². The average molecular weight is 345 g/mol. The molecule has 1 fully saturated rings. The highest BCUT2D eigenvalue weighted by Crippen LogP contribution is 2.42. The van der Waals surface area contributed by atoms with Gasteiger partial charge in [-0.15, -0.1) is 0 Å². The van der Waals surface area contributed by atoms with Gasteiger partial charge in [0.15, 0.2) is 0 Å². The van der Waals surface area contributed by atoms with Crippen molar-refractivity contribution in [1.29, 1.82) is 0 Å². The average Bonchev–Trinajstić information content (AvgIpc) is 3.07. The molecule has 2 aromatic carbocycles. The van der Waals surface area contributed by atoms with Crippen LogP contribution in [-0.4, -0.2) is 10.8 Å². The molecule has 24 heavy (non-hydrogen) atoms. The van der Waals surface area contributed by atoms with E-state index in [1.165, 1.54) is 12.1 Å². The van der Waals surface area contributed by atoms with Crippen molar-refractivity contribution in [2.45, 2.75) is 31.1 Å². The van der Waals surface area contributed by atoms with Gasteiger partial charge in [-0.3, -0.25) is 14.9 Å². The van der Waals surface area contributed by atoms with Gasteiger partial charge in [0.05, 0.1) is 10.3 Å². The van der Waals surface area contributed by atoms with Crippen LogP contribution in [0.2, 0.25) is 5.02 Å². The van der Waals surface area contributed by atoms with Crippen LogP contribution < -0.4 is 5.32 Å². The molecule has 0 bridgehead atoms. The fourth-order valence-corrected chi connectivity index (χ4v) is 3.47. The third kappa shape index (κ3) is 3.12. The van der Waals surface area contributed by atoms with Crippen LogP contribution in [0.3, 0.4) is 0 Å². The van der Waals surface area contributed by atoms with Crippen LogP contribution in [0, 0.1) is 10.1 Å². The van der Waals surface area contributed by atoms with Crippen LogP contribution in [0.5, 0.6) is 0 Å². The van der Waals surface area contributed by atoms with Crippen LogP contribution in [0.15, 0.2) is 48.5 Å². The van der Waals surface area contributed by atoms with E-state index in [2.05, 4.69) is 5.32 Å². The van der Waals surface area contributed by atoms with Gasteiger partial charge in [-0.05, 0) is 36.6 Å². The van der Waals surface area contributed by atoms with Crippen LogP contribution in [0.1, 0.15) is 31.2 Å².